The van der Waals surface area contributed by atoms with Gasteiger partial charge in [0.05, 0.1) is 17.0 Å². The Morgan fingerprint density at radius 3 is 1.56 bits per heavy atom. The summed E-state index contributed by atoms with van der Waals surface area (Å²) in [5.41, 5.74) is 29.7. The van der Waals surface area contributed by atoms with E-state index in [1.807, 2.05) is 0 Å². The lowest BCUT2D eigenvalue weighted by atomic mass is 9.34. The first-order valence-electron chi connectivity index (χ1n) is 31.8. The molecule has 0 radical (unpaired) electrons. The predicted octanol–water partition coefficient (Wildman–Crippen LogP) is 21.0. The Labute approximate surface area is 503 Å². The third-order valence-corrected chi connectivity index (χ3v) is 21.9. The van der Waals surface area contributed by atoms with Crippen molar-refractivity contribution in [2.24, 2.45) is 5.41 Å². The summed E-state index contributed by atoms with van der Waals surface area (Å²) in [5, 5.41) is 1.21. The number of nitrogens with zero attached hydrogens (tertiary/aromatic N) is 3. The summed E-state index contributed by atoms with van der Waals surface area (Å²) in [6, 6.07) is 54.2. The third-order valence-electron chi connectivity index (χ3n) is 21.9. The van der Waals surface area contributed by atoms with Crippen molar-refractivity contribution < 1.29 is 4.42 Å². The molecule has 4 nitrogen and oxygen atoms in total. The van der Waals surface area contributed by atoms with E-state index in [0.29, 0.717) is 0 Å². The molecule has 4 aliphatic carbocycles. The molecule has 3 heterocycles. The molecule has 6 aliphatic rings. The van der Waals surface area contributed by atoms with E-state index in [-0.39, 0.29) is 44.6 Å². The third kappa shape index (κ3) is 8.49. The Kier molecular flexibility index (Phi) is 12.1. The molecule has 0 unspecified atom stereocenters. The zero-order chi connectivity index (χ0) is 59.0. The number of hydrogen-bond donors (Lipinski definition) is 0. The second-order valence-electron chi connectivity index (χ2n) is 31.3. The van der Waals surface area contributed by atoms with Gasteiger partial charge in [-0.1, -0.05) is 188 Å². The van der Waals surface area contributed by atoms with Crippen LogP contribution >= 0.6 is 0 Å². The predicted molar refractivity (Wildman–Crippen MR) is 359 cm³/mol. The fourth-order valence-corrected chi connectivity index (χ4v) is 16.2. The standard InChI is InChI=1S/C79H88BN3O/c1-49-41-59-62(78(13,14)39-37-75(59,7)8)47-66(49)83-65-34-29-52(73(2,3)4)42-64(65)80-70-67(44-56(45-68(70)83)81(53-25-21-18-22-26-53)54-30-27-51(28-31-54)50-23-19-17-20-24-50)82(55-32-33-58-60(43-55)76(9,10)36-35-74(58,5)6)71-57-46-61-63(48-69(57)84-72(71)80)79(15,16)40-38-77(61,11)12/h17-28,30-33,41-48H,29,34-40H2,1-16H3. The van der Waals surface area contributed by atoms with Crippen LogP contribution < -0.4 is 25.8 Å². The Morgan fingerprint density at radius 2 is 0.964 bits per heavy atom. The molecule has 8 aromatic rings. The van der Waals surface area contributed by atoms with Gasteiger partial charge in [-0.25, -0.2) is 0 Å². The highest BCUT2D eigenvalue weighted by atomic mass is 16.3. The first kappa shape index (κ1) is 54.9. The van der Waals surface area contributed by atoms with Crippen molar-refractivity contribution in [2.45, 2.75) is 195 Å². The van der Waals surface area contributed by atoms with Crippen LogP contribution in [0.4, 0.5) is 45.5 Å². The van der Waals surface area contributed by atoms with E-state index in [1.54, 1.807) is 0 Å². The smallest absolute Gasteiger partial charge is 0.296 e. The monoisotopic (exact) mass is 1110 g/mol. The maximum absolute atomic E-state index is 7.89. The zero-order valence-electron chi connectivity index (χ0n) is 53.3. The number of hydrogen-bond acceptors (Lipinski definition) is 4. The molecule has 7 aromatic carbocycles. The molecule has 84 heavy (non-hydrogen) atoms. The summed E-state index contributed by atoms with van der Waals surface area (Å²) < 4.78 is 7.89. The summed E-state index contributed by atoms with van der Waals surface area (Å²) in [6.07, 6.45) is 11.5. The number of fused-ring (bicyclic) bond motifs is 8. The highest BCUT2D eigenvalue weighted by molar-refractivity contribution is 6.95. The molecule has 0 bridgehead atoms. The highest BCUT2D eigenvalue weighted by Crippen LogP contribution is 2.57. The molecule has 2 aliphatic heterocycles. The molecule has 0 spiro atoms. The van der Waals surface area contributed by atoms with Gasteiger partial charge in [0.15, 0.2) is 0 Å². The lowest BCUT2D eigenvalue weighted by Gasteiger charge is -2.47. The Balaban J connectivity index is 1.14. The van der Waals surface area contributed by atoms with Crippen molar-refractivity contribution in [3.05, 3.63) is 201 Å². The van der Waals surface area contributed by atoms with Crippen molar-refractivity contribution in [3.63, 3.8) is 0 Å². The summed E-state index contributed by atoms with van der Waals surface area (Å²) in [5.74, 6) is 0. The van der Waals surface area contributed by atoms with E-state index in [2.05, 4.69) is 271 Å². The van der Waals surface area contributed by atoms with Crippen LogP contribution in [0.3, 0.4) is 0 Å². The minimum Gasteiger partial charge on any atom is -0.468 e. The molecule has 0 saturated carbocycles. The van der Waals surface area contributed by atoms with Crippen LogP contribution in [0.1, 0.15) is 194 Å². The lowest BCUT2D eigenvalue weighted by molar-refractivity contribution is 0.332. The minimum absolute atomic E-state index is 0.000118. The van der Waals surface area contributed by atoms with Crippen LogP contribution in [-0.2, 0) is 32.5 Å². The Hall–Kier alpha value is -6.98. The van der Waals surface area contributed by atoms with Crippen molar-refractivity contribution in [1.82, 2.24) is 0 Å². The first-order chi connectivity index (χ1) is 39.6. The molecule has 14 rings (SSSR count). The van der Waals surface area contributed by atoms with Crippen molar-refractivity contribution in [3.8, 4) is 11.1 Å². The van der Waals surface area contributed by atoms with Gasteiger partial charge in [-0.2, -0.15) is 0 Å². The summed E-state index contributed by atoms with van der Waals surface area (Å²) in [7, 11) is 0. The molecule has 428 valence electrons. The summed E-state index contributed by atoms with van der Waals surface area (Å²) >= 11 is 0. The van der Waals surface area contributed by atoms with Crippen LogP contribution in [0.2, 0.25) is 0 Å². The number of para-hydroxylation sites is 1. The highest BCUT2D eigenvalue weighted by Gasteiger charge is 2.51. The molecule has 0 N–H and O–H groups in total. The number of rotatable bonds is 6. The van der Waals surface area contributed by atoms with Gasteiger partial charge in [-0.3, -0.25) is 0 Å². The van der Waals surface area contributed by atoms with E-state index in [0.717, 1.165) is 73.3 Å². The second-order valence-corrected chi connectivity index (χ2v) is 31.3. The van der Waals surface area contributed by atoms with Crippen LogP contribution in [-0.4, -0.2) is 6.71 Å². The van der Waals surface area contributed by atoms with Crippen LogP contribution in [0.25, 0.3) is 22.1 Å². The van der Waals surface area contributed by atoms with Crippen molar-refractivity contribution in [2.75, 3.05) is 14.7 Å². The number of allylic oxidation sites excluding steroid dienone is 4. The van der Waals surface area contributed by atoms with E-state index < -0.39 is 0 Å². The fraction of sp³-hybridized carbons (Fsp3) is 0.392. The summed E-state index contributed by atoms with van der Waals surface area (Å²) in [4.78, 5) is 7.99. The SMILES string of the molecule is Cc1cc2c(cc1N1C3=C(C=C(C(C)(C)C)CC3)B3c4oc5cc6c(cc5c4N(c4ccc5c(c4)C(C)(C)CCC5(C)C)c4cc(N(c5ccccc5)c5ccc(-c7ccccc7)cc5)cc1c43)C(C)(C)CCC6(C)C)C(C)(C)CCC2(C)C. The molecule has 0 saturated heterocycles. The van der Waals surface area contributed by atoms with Crippen molar-refractivity contribution >= 4 is 74.3 Å². The van der Waals surface area contributed by atoms with E-state index >= 15 is 0 Å². The van der Waals surface area contributed by atoms with Gasteiger partial charge in [0.1, 0.15) is 5.58 Å². The van der Waals surface area contributed by atoms with Gasteiger partial charge >= 0.3 is 0 Å². The van der Waals surface area contributed by atoms with Crippen LogP contribution in [0.5, 0.6) is 0 Å². The first-order valence-corrected chi connectivity index (χ1v) is 31.8. The molecule has 5 heteroatoms. The second kappa shape index (κ2) is 18.5. The maximum Gasteiger partial charge on any atom is 0.296 e. The van der Waals surface area contributed by atoms with E-state index in [9.17, 15) is 0 Å². The Bertz CT molecular complexity index is 4080. The van der Waals surface area contributed by atoms with Gasteiger partial charge in [0.2, 0.25) is 0 Å². The largest absolute Gasteiger partial charge is 0.468 e. The Morgan fingerprint density at radius 1 is 0.464 bits per heavy atom. The van der Waals surface area contributed by atoms with E-state index in [4.69, 9.17) is 4.42 Å². The molecule has 1 aromatic heterocycles. The lowest BCUT2D eigenvalue weighted by Crippen LogP contribution is -2.56. The molecule has 0 atom stereocenters. The molecule has 0 amide bonds. The quantitative estimate of drug-likeness (QED) is 0.155. The normalized spacial score (nSPS) is 20.0. The number of furan rings is 1. The molecule has 0 fully saturated rings. The average molecular weight is 1110 g/mol. The average Bonchev–Trinajstić information content (AvgIpc) is 1.32. The number of aryl methyl sites for hydroxylation is 1. The zero-order valence-corrected chi connectivity index (χ0v) is 53.3. The van der Waals surface area contributed by atoms with Crippen LogP contribution in [0.15, 0.2) is 167 Å². The van der Waals surface area contributed by atoms with Gasteiger partial charge in [0, 0.05) is 45.2 Å². The fourth-order valence-electron chi connectivity index (χ4n) is 16.2. The van der Waals surface area contributed by atoms with Gasteiger partial charge in [-0.05, 0) is 224 Å². The van der Waals surface area contributed by atoms with Gasteiger partial charge in [0.25, 0.3) is 6.71 Å². The number of benzene rings is 7. The van der Waals surface area contributed by atoms with Gasteiger partial charge < -0.3 is 19.1 Å². The van der Waals surface area contributed by atoms with Gasteiger partial charge in [-0.15, -0.1) is 0 Å². The number of anilines is 8. The maximum atomic E-state index is 7.89. The summed E-state index contributed by atoms with van der Waals surface area (Å²) in [6.45, 7) is 39.1. The topological polar surface area (TPSA) is 22.9 Å². The van der Waals surface area contributed by atoms with E-state index in [1.165, 1.54) is 113 Å². The molecular formula is C79H88BN3O. The van der Waals surface area contributed by atoms with Crippen LogP contribution in [0, 0.1) is 12.3 Å². The minimum atomic E-state index is -0.165. The van der Waals surface area contributed by atoms with Crippen molar-refractivity contribution in [1.29, 1.82) is 0 Å². The molecular weight excluding hydrogens is 1020 g/mol.